The van der Waals surface area contributed by atoms with Crippen LogP contribution in [0.5, 0.6) is 0 Å². The van der Waals surface area contributed by atoms with Gasteiger partial charge in [-0.15, -0.1) is 0 Å². The van der Waals surface area contributed by atoms with Gasteiger partial charge in [-0.2, -0.15) is 0 Å². The molecule has 2 aromatic heterocycles. The van der Waals surface area contributed by atoms with Crippen LogP contribution in [0.3, 0.4) is 0 Å². The summed E-state index contributed by atoms with van der Waals surface area (Å²) in [5, 5.41) is 0. The van der Waals surface area contributed by atoms with Crippen LogP contribution < -0.4 is 5.56 Å². The number of nitrogens with zero attached hydrogens (tertiary/aromatic N) is 2. The molecule has 0 atom stereocenters. The summed E-state index contributed by atoms with van der Waals surface area (Å²) in [4.78, 5) is 18.2. The van der Waals surface area contributed by atoms with Crippen molar-refractivity contribution in [3.8, 4) is 0 Å². The van der Waals surface area contributed by atoms with Crippen LogP contribution in [0.2, 0.25) is 0 Å². The number of H-pyrrole nitrogens is 1. The van der Waals surface area contributed by atoms with Gasteiger partial charge in [0.05, 0.1) is 10.8 Å². The minimum atomic E-state index is -0.0995. The lowest BCUT2D eigenvalue weighted by molar-refractivity contribution is 0.783. The van der Waals surface area contributed by atoms with Crippen molar-refractivity contribution in [2.24, 2.45) is 0 Å². The molecule has 13 heavy (non-hydrogen) atoms. The van der Waals surface area contributed by atoms with E-state index in [1.54, 1.807) is 12.5 Å². The monoisotopic (exact) mass is 241 g/mol. The van der Waals surface area contributed by atoms with Crippen LogP contribution in [0.4, 0.5) is 0 Å². The summed E-state index contributed by atoms with van der Waals surface area (Å²) < 4.78 is 2.63. The third-order valence-electron chi connectivity index (χ3n) is 1.95. The van der Waals surface area contributed by atoms with Gasteiger partial charge in [0.2, 0.25) is 0 Å². The average molecular weight is 242 g/mol. The quantitative estimate of drug-likeness (QED) is 0.823. The molecule has 0 amide bonds. The number of hydrogen-bond donors (Lipinski definition) is 1. The Morgan fingerprint density at radius 1 is 1.69 bits per heavy atom. The number of aromatic nitrogens is 3. The van der Waals surface area contributed by atoms with Gasteiger partial charge >= 0.3 is 0 Å². The largest absolute Gasteiger partial charge is 0.326 e. The van der Waals surface area contributed by atoms with Gasteiger partial charge in [-0.05, 0) is 22.9 Å². The van der Waals surface area contributed by atoms with Crippen molar-refractivity contribution in [3.63, 3.8) is 0 Å². The fraction of sp³-hybridized carbons (Fsp3) is 0.250. The van der Waals surface area contributed by atoms with Gasteiger partial charge in [-0.1, -0.05) is 0 Å². The predicted molar refractivity (Wildman–Crippen MR) is 53.7 cm³/mol. The number of imidazole rings is 1. The number of halogens is 1. The highest BCUT2D eigenvalue weighted by atomic mass is 79.9. The van der Waals surface area contributed by atoms with E-state index in [2.05, 4.69) is 25.9 Å². The minimum absolute atomic E-state index is 0.0995. The number of aryl methyl sites for hydroxylation is 1. The Morgan fingerprint density at radius 2 is 2.46 bits per heavy atom. The zero-order valence-corrected chi connectivity index (χ0v) is 8.63. The van der Waals surface area contributed by atoms with Gasteiger partial charge < -0.3 is 9.55 Å². The summed E-state index contributed by atoms with van der Waals surface area (Å²) in [6, 6.07) is 0. The molecule has 0 aromatic carbocycles. The van der Waals surface area contributed by atoms with Crippen molar-refractivity contribution in [2.75, 3.05) is 0 Å². The van der Waals surface area contributed by atoms with Crippen LogP contribution in [0.15, 0.2) is 21.8 Å². The Morgan fingerprint density at radius 3 is 3.15 bits per heavy atom. The van der Waals surface area contributed by atoms with Crippen molar-refractivity contribution in [1.82, 2.24) is 14.5 Å². The number of aromatic amines is 1. The molecule has 4 nitrogen and oxygen atoms in total. The molecule has 0 bridgehead atoms. The van der Waals surface area contributed by atoms with Crippen molar-refractivity contribution in [1.29, 1.82) is 0 Å². The lowest BCUT2D eigenvalue weighted by Gasteiger charge is -1.97. The zero-order valence-electron chi connectivity index (χ0n) is 7.04. The van der Waals surface area contributed by atoms with Crippen molar-refractivity contribution in [3.05, 3.63) is 27.4 Å². The maximum Gasteiger partial charge on any atom is 0.274 e. The zero-order chi connectivity index (χ0) is 9.42. The summed E-state index contributed by atoms with van der Waals surface area (Å²) in [6.07, 6.45) is 3.28. The van der Waals surface area contributed by atoms with E-state index in [0.717, 1.165) is 11.0 Å². The van der Waals surface area contributed by atoms with E-state index >= 15 is 0 Å². The van der Waals surface area contributed by atoms with Gasteiger partial charge in [-0.25, -0.2) is 4.98 Å². The molecular weight excluding hydrogens is 234 g/mol. The normalized spacial score (nSPS) is 10.9. The summed E-state index contributed by atoms with van der Waals surface area (Å²) in [5.41, 5.74) is 1.24. The summed E-state index contributed by atoms with van der Waals surface area (Å²) in [7, 11) is 0. The maximum atomic E-state index is 11.4. The molecular formula is C8H8BrN3O. The fourth-order valence-corrected chi connectivity index (χ4v) is 1.71. The second-order valence-electron chi connectivity index (χ2n) is 2.69. The van der Waals surface area contributed by atoms with Crippen LogP contribution in [-0.4, -0.2) is 14.5 Å². The van der Waals surface area contributed by atoms with Gasteiger partial charge in [-0.3, -0.25) is 4.79 Å². The van der Waals surface area contributed by atoms with Crippen LogP contribution in [-0.2, 0) is 6.54 Å². The number of pyridine rings is 1. The Kier molecular flexibility index (Phi) is 1.95. The summed E-state index contributed by atoms with van der Waals surface area (Å²) in [6.45, 7) is 2.72. The third kappa shape index (κ3) is 1.19. The SMILES string of the molecule is CCn1cnc2c(Br)c[nH]c(=O)c21. The lowest BCUT2D eigenvalue weighted by atomic mass is 10.4. The van der Waals surface area contributed by atoms with E-state index in [9.17, 15) is 4.79 Å². The predicted octanol–water partition coefficient (Wildman–Crippen LogP) is 1.51. The highest BCUT2D eigenvalue weighted by Gasteiger charge is 2.07. The van der Waals surface area contributed by atoms with Gasteiger partial charge in [0.1, 0.15) is 11.0 Å². The number of hydrogen-bond acceptors (Lipinski definition) is 2. The first-order valence-corrected chi connectivity index (χ1v) is 4.75. The third-order valence-corrected chi connectivity index (χ3v) is 2.55. The minimum Gasteiger partial charge on any atom is -0.326 e. The van der Waals surface area contributed by atoms with E-state index in [4.69, 9.17) is 0 Å². The van der Waals surface area contributed by atoms with Crippen LogP contribution in [0.25, 0.3) is 11.0 Å². The highest BCUT2D eigenvalue weighted by Crippen LogP contribution is 2.17. The lowest BCUT2D eigenvalue weighted by Crippen LogP contribution is -2.09. The van der Waals surface area contributed by atoms with E-state index in [0.29, 0.717) is 11.0 Å². The molecule has 0 unspecified atom stereocenters. The Balaban J connectivity index is 2.96. The van der Waals surface area contributed by atoms with Gasteiger partial charge in [0, 0.05) is 12.7 Å². The van der Waals surface area contributed by atoms with E-state index < -0.39 is 0 Å². The molecule has 0 aliphatic carbocycles. The van der Waals surface area contributed by atoms with E-state index in [1.807, 2.05) is 11.5 Å². The molecule has 0 radical (unpaired) electrons. The molecule has 0 saturated carbocycles. The molecule has 2 heterocycles. The van der Waals surface area contributed by atoms with Gasteiger partial charge in [0.15, 0.2) is 0 Å². The van der Waals surface area contributed by atoms with Crippen LogP contribution >= 0.6 is 15.9 Å². The summed E-state index contributed by atoms with van der Waals surface area (Å²) >= 11 is 3.33. The Bertz CT molecular complexity index is 500. The number of fused-ring (bicyclic) bond motifs is 1. The van der Waals surface area contributed by atoms with E-state index in [-0.39, 0.29) is 5.56 Å². The van der Waals surface area contributed by atoms with Crippen LogP contribution in [0, 0.1) is 0 Å². The molecule has 0 fully saturated rings. The first kappa shape index (κ1) is 8.50. The van der Waals surface area contributed by atoms with Crippen LogP contribution in [0.1, 0.15) is 6.92 Å². The molecule has 1 N–H and O–H groups in total. The van der Waals surface area contributed by atoms with Crippen molar-refractivity contribution >= 4 is 27.0 Å². The smallest absolute Gasteiger partial charge is 0.274 e. The first-order chi connectivity index (χ1) is 6.24. The highest BCUT2D eigenvalue weighted by molar-refractivity contribution is 9.10. The fourth-order valence-electron chi connectivity index (χ4n) is 1.30. The molecule has 0 saturated heterocycles. The molecule has 2 rings (SSSR count). The number of nitrogens with one attached hydrogen (secondary N) is 1. The van der Waals surface area contributed by atoms with Crippen molar-refractivity contribution < 1.29 is 0 Å². The molecule has 0 spiro atoms. The first-order valence-electron chi connectivity index (χ1n) is 3.96. The molecule has 0 aliphatic heterocycles. The molecule has 2 aromatic rings. The van der Waals surface area contributed by atoms with Gasteiger partial charge in [0.25, 0.3) is 5.56 Å². The Labute approximate surface area is 82.7 Å². The molecule has 0 aliphatic rings. The van der Waals surface area contributed by atoms with Crippen molar-refractivity contribution in [2.45, 2.75) is 13.5 Å². The topological polar surface area (TPSA) is 50.7 Å². The maximum absolute atomic E-state index is 11.4. The second-order valence-corrected chi connectivity index (χ2v) is 3.55. The molecule has 5 heteroatoms. The standard InChI is InChI=1S/C8H8BrN3O/c1-2-12-4-11-6-5(9)3-10-8(13)7(6)12/h3-4H,2H2,1H3,(H,10,13). The number of rotatable bonds is 1. The molecule has 68 valence electrons. The van der Waals surface area contributed by atoms with E-state index in [1.165, 1.54) is 0 Å². The Hall–Kier alpha value is -1.10. The average Bonchev–Trinajstić information content (AvgIpc) is 2.56. The second kappa shape index (κ2) is 2.99. The summed E-state index contributed by atoms with van der Waals surface area (Å²) in [5.74, 6) is 0.